The third kappa shape index (κ3) is 3.49. The van der Waals surface area contributed by atoms with Crippen LogP contribution in [0.4, 0.5) is 10.1 Å². The first-order valence-electron chi connectivity index (χ1n) is 6.13. The standard InChI is InChI=1S/C13H17FN2O3/c1-4-7-15(9(2)3)13(17)11-8-10(14)5-6-12(11)16(18)19/h5-6,8-9H,4,7H2,1-3H3. The predicted molar refractivity (Wildman–Crippen MR) is 69.5 cm³/mol. The van der Waals surface area contributed by atoms with Crippen molar-refractivity contribution < 1.29 is 14.1 Å². The lowest BCUT2D eigenvalue weighted by molar-refractivity contribution is -0.385. The Morgan fingerprint density at radius 1 is 1.47 bits per heavy atom. The molecule has 0 unspecified atom stereocenters. The first-order valence-corrected chi connectivity index (χ1v) is 6.13. The van der Waals surface area contributed by atoms with Crippen LogP contribution >= 0.6 is 0 Å². The van der Waals surface area contributed by atoms with Crippen molar-refractivity contribution in [3.8, 4) is 0 Å². The van der Waals surface area contributed by atoms with Crippen LogP contribution in [0.25, 0.3) is 0 Å². The number of halogens is 1. The zero-order valence-electron chi connectivity index (χ0n) is 11.2. The molecule has 0 radical (unpaired) electrons. The number of carbonyl (C=O) groups excluding carboxylic acids is 1. The van der Waals surface area contributed by atoms with Crippen LogP contribution in [0.1, 0.15) is 37.6 Å². The SMILES string of the molecule is CCCN(C(=O)c1cc(F)ccc1[N+](=O)[O-])C(C)C. The number of hydrogen-bond donors (Lipinski definition) is 0. The molecule has 0 bridgehead atoms. The average Bonchev–Trinajstić information content (AvgIpc) is 2.34. The first kappa shape index (κ1) is 15.1. The normalized spacial score (nSPS) is 10.6. The lowest BCUT2D eigenvalue weighted by Gasteiger charge is -2.26. The van der Waals surface area contributed by atoms with Gasteiger partial charge in [0.25, 0.3) is 11.6 Å². The quantitative estimate of drug-likeness (QED) is 0.609. The Bertz CT molecular complexity index is 489. The Kier molecular flexibility index (Phi) is 4.97. The van der Waals surface area contributed by atoms with E-state index < -0.39 is 16.6 Å². The minimum absolute atomic E-state index is 0.102. The molecule has 19 heavy (non-hydrogen) atoms. The number of rotatable bonds is 5. The van der Waals surface area contributed by atoms with Crippen molar-refractivity contribution in [1.82, 2.24) is 4.90 Å². The fourth-order valence-electron chi connectivity index (χ4n) is 1.83. The number of nitro benzene ring substituents is 1. The van der Waals surface area contributed by atoms with Gasteiger partial charge in [-0.3, -0.25) is 14.9 Å². The topological polar surface area (TPSA) is 63.5 Å². The highest BCUT2D eigenvalue weighted by molar-refractivity contribution is 5.98. The summed E-state index contributed by atoms with van der Waals surface area (Å²) in [4.78, 5) is 24.0. The Morgan fingerprint density at radius 3 is 2.58 bits per heavy atom. The van der Waals surface area contributed by atoms with E-state index in [0.29, 0.717) is 6.54 Å². The highest BCUT2D eigenvalue weighted by atomic mass is 19.1. The van der Waals surface area contributed by atoms with Gasteiger partial charge in [0.05, 0.1) is 4.92 Å². The van der Waals surface area contributed by atoms with Gasteiger partial charge in [0, 0.05) is 18.7 Å². The summed E-state index contributed by atoms with van der Waals surface area (Å²) in [6.45, 7) is 6.02. The summed E-state index contributed by atoms with van der Waals surface area (Å²) in [6, 6.07) is 2.82. The van der Waals surface area contributed by atoms with Crippen LogP contribution in [0.2, 0.25) is 0 Å². The highest BCUT2D eigenvalue weighted by Crippen LogP contribution is 2.22. The van der Waals surface area contributed by atoms with Gasteiger partial charge < -0.3 is 4.90 Å². The van der Waals surface area contributed by atoms with Crippen molar-refractivity contribution in [1.29, 1.82) is 0 Å². The zero-order chi connectivity index (χ0) is 14.6. The van der Waals surface area contributed by atoms with Crippen molar-refractivity contribution in [3.05, 3.63) is 39.7 Å². The summed E-state index contributed by atoms with van der Waals surface area (Å²) in [5, 5.41) is 10.9. The molecule has 0 fully saturated rings. The van der Waals surface area contributed by atoms with Crippen molar-refractivity contribution >= 4 is 11.6 Å². The maximum absolute atomic E-state index is 13.2. The van der Waals surface area contributed by atoms with E-state index >= 15 is 0 Å². The molecule has 0 saturated heterocycles. The van der Waals surface area contributed by atoms with Crippen LogP contribution < -0.4 is 0 Å². The molecule has 0 aliphatic heterocycles. The molecule has 0 aliphatic rings. The summed E-state index contributed by atoms with van der Waals surface area (Å²) >= 11 is 0. The lowest BCUT2D eigenvalue weighted by Crippen LogP contribution is -2.37. The third-order valence-corrected chi connectivity index (χ3v) is 2.73. The van der Waals surface area contributed by atoms with Crippen LogP contribution in [0.5, 0.6) is 0 Å². The second kappa shape index (κ2) is 6.26. The second-order valence-corrected chi connectivity index (χ2v) is 4.51. The predicted octanol–water partition coefficient (Wildman–Crippen LogP) is 2.99. The Balaban J connectivity index is 3.23. The molecule has 0 aliphatic carbocycles. The van der Waals surface area contributed by atoms with Crippen LogP contribution in [0.3, 0.4) is 0 Å². The molecule has 0 aromatic heterocycles. The Hall–Kier alpha value is -1.98. The van der Waals surface area contributed by atoms with E-state index in [1.165, 1.54) is 4.90 Å². The summed E-state index contributed by atoms with van der Waals surface area (Å²) in [6.07, 6.45) is 0.729. The van der Waals surface area contributed by atoms with Crippen molar-refractivity contribution in [2.45, 2.75) is 33.2 Å². The molecule has 1 aromatic carbocycles. The van der Waals surface area contributed by atoms with Gasteiger partial charge in [-0.2, -0.15) is 0 Å². The Morgan fingerprint density at radius 2 is 2.11 bits per heavy atom. The first-order chi connectivity index (χ1) is 8.88. The number of amides is 1. The summed E-state index contributed by atoms with van der Waals surface area (Å²) in [5.74, 6) is -1.17. The molecule has 0 atom stereocenters. The van der Waals surface area contributed by atoms with Gasteiger partial charge in [0.2, 0.25) is 0 Å². The summed E-state index contributed by atoms with van der Waals surface area (Å²) in [5.41, 5.74) is -0.569. The van der Waals surface area contributed by atoms with Gasteiger partial charge in [-0.05, 0) is 32.4 Å². The molecular formula is C13H17FN2O3. The molecular weight excluding hydrogens is 251 g/mol. The maximum Gasteiger partial charge on any atom is 0.282 e. The molecule has 0 saturated carbocycles. The zero-order valence-corrected chi connectivity index (χ0v) is 11.2. The van der Waals surface area contributed by atoms with E-state index in [-0.39, 0.29) is 17.3 Å². The van der Waals surface area contributed by atoms with Gasteiger partial charge in [0.1, 0.15) is 11.4 Å². The van der Waals surface area contributed by atoms with Gasteiger partial charge >= 0.3 is 0 Å². The molecule has 1 aromatic rings. The maximum atomic E-state index is 13.2. The molecule has 0 N–H and O–H groups in total. The van der Waals surface area contributed by atoms with Gasteiger partial charge in [-0.15, -0.1) is 0 Å². The van der Waals surface area contributed by atoms with E-state index in [2.05, 4.69) is 0 Å². The van der Waals surface area contributed by atoms with Gasteiger partial charge in [-0.25, -0.2) is 4.39 Å². The molecule has 6 heteroatoms. The van der Waals surface area contributed by atoms with E-state index in [0.717, 1.165) is 24.6 Å². The smallest absolute Gasteiger partial charge is 0.282 e. The van der Waals surface area contributed by atoms with Crippen LogP contribution in [-0.2, 0) is 0 Å². The number of hydrogen-bond acceptors (Lipinski definition) is 3. The molecule has 1 amide bonds. The molecule has 1 rings (SSSR count). The summed E-state index contributed by atoms with van der Waals surface area (Å²) in [7, 11) is 0. The third-order valence-electron chi connectivity index (χ3n) is 2.73. The largest absolute Gasteiger partial charge is 0.336 e. The fourth-order valence-corrected chi connectivity index (χ4v) is 1.83. The van der Waals surface area contributed by atoms with Crippen molar-refractivity contribution in [2.75, 3.05) is 6.54 Å². The monoisotopic (exact) mass is 268 g/mol. The number of nitrogens with zero attached hydrogens (tertiary/aromatic N) is 2. The average molecular weight is 268 g/mol. The van der Waals surface area contributed by atoms with Crippen molar-refractivity contribution in [3.63, 3.8) is 0 Å². The fraction of sp³-hybridized carbons (Fsp3) is 0.462. The summed E-state index contributed by atoms with van der Waals surface area (Å²) < 4.78 is 13.2. The molecule has 5 nitrogen and oxygen atoms in total. The molecule has 0 spiro atoms. The van der Waals surface area contributed by atoms with E-state index in [9.17, 15) is 19.3 Å². The molecule has 104 valence electrons. The highest BCUT2D eigenvalue weighted by Gasteiger charge is 2.26. The molecule has 0 heterocycles. The van der Waals surface area contributed by atoms with Crippen molar-refractivity contribution in [2.24, 2.45) is 0 Å². The van der Waals surface area contributed by atoms with E-state index in [4.69, 9.17) is 0 Å². The lowest BCUT2D eigenvalue weighted by atomic mass is 10.1. The van der Waals surface area contributed by atoms with E-state index in [1.807, 2.05) is 20.8 Å². The minimum atomic E-state index is -0.670. The van der Waals surface area contributed by atoms with Gasteiger partial charge in [-0.1, -0.05) is 6.92 Å². The number of carbonyl (C=O) groups is 1. The van der Waals surface area contributed by atoms with E-state index in [1.54, 1.807) is 0 Å². The Labute approximate surface area is 111 Å². The van der Waals surface area contributed by atoms with Crippen LogP contribution in [0, 0.1) is 15.9 Å². The second-order valence-electron chi connectivity index (χ2n) is 4.51. The van der Waals surface area contributed by atoms with Crippen LogP contribution in [0.15, 0.2) is 18.2 Å². The van der Waals surface area contributed by atoms with Gasteiger partial charge in [0.15, 0.2) is 0 Å². The number of nitro groups is 1. The van der Waals surface area contributed by atoms with Crippen LogP contribution in [-0.4, -0.2) is 28.3 Å². The minimum Gasteiger partial charge on any atom is -0.336 e. The number of benzene rings is 1.